The summed E-state index contributed by atoms with van der Waals surface area (Å²) >= 11 is 0. The highest BCUT2D eigenvalue weighted by Gasteiger charge is 2.26. The number of benzene rings is 1. The van der Waals surface area contributed by atoms with Gasteiger partial charge in [0.25, 0.3) is 0 Å². The number of nitrogens with one attached hydrogen (secondary N) is 1. The van der Waals surface area contributed by atoms with Gasteiger partial charge in [-0.25, -0.2) is 15.8 Å². The molecule has 20 heavy (non-hydrogen) atoms. The number of hydrogen-bond donors (Lipinski definition) is 2. The second-order valence-electron chi connectivity index (χ2n) is 5.70. The molecular weight excluding hydrogens is 248 g/mol. The summed E-state index contributed by atoms with van der Waals surface area (Å²) < 4.78 is 0. The summed E-state index contributed by atoms with van der Waals surface area (Å²) in [4.78, 5) is 9.14. The molecule has 0 radical (unpaired) electrons. The minimum atomic E-state index is 0.532. The van der Waals surface area contributed by atoms with Crippen LogP contribution in [0.1, 0.15) is 49.8 Å². The molecule has 1 saturated carbocycles. The minimum absolute atomic E-state index is 0.532. The van der Waals surface area contributed by atoms with Gasteiger partial charge in [0.1, 0.15) is 5.82 Å². The van der Waals surface area contributed by atoms with Crippen molar-refractivity contribution in [1.82, 2.24) is 9.97 Å². The number of aromatic nitrogens is 2. The zero-order chi connectivity index (χ0) is 14.1. The fourth-order valence-electron chi connectivity index (χ4n) is 2.27. The van der Waals surface area contributed by atoms with Crippen LogP contribution < -0.4 is 11.3 Å². The van der Waals surface area contributed by atoms with Crippen LogP contribution in [-0.4, -0.2) is 9.97 Å². The number of hydrogen-bond acceptors (Lipinski definition) is 4. The average molecular weight is 268 g/mol. The van der Waals surface area contributed by atoms with E-state index in [0.29, 0.717) is 17.7 Å². The smallest absolute Gasteiger partial charge is 0.161 e. The molecule has 0 spiro atoms. The van der Waals surface area contributed by atoms with E-state index < -0.39 is 0 Å². The predicted molar refractivity (Wildman–Crippen MR) is 81.3 cm³/mol. The number of nitrogen functional groups attached to an aromatic ring is 1. The van der Waals surface area contributed by atoms with Crippen LogP contribution >= 0.6 is 0 Å². The van der Waals surface area contributed by atoms with Crippen molar-refractivity contribution < 1.29 is 0 Å². The molecule has 1 aromatic heterocycles. The van der Waals surface area contributed by atoms with Crippen molar-refractivity contribution in [3.05, 3.63) is 41.6 Å². The second-order valence-corrected chi connectivity index (χ2v) is 5.70. The molecule has 3 rings (SSSR count). The van der Waals surface area contributed by atoms with Gasteiger partial charge in [-0.15, -0.1) is 0 Å². The Bertz CT molecular complexity index is 600. The zero-order valence-electron chi connectivity index (χ0n) is 11.9. The number of anilines is 1. The number of nitrogens with zero attached hydrogens (tertiary/aromatic N) is 2. The molecule has 0 bridgehead atoms. The summed E-state index contributed by atoms with van der Waals surface area (Å²) in [7, 11) is 0. The maximum atomic E-state index is 5.51. The Morgan fingerprint density at radius 3 is 2.40 bits per heavy atom. The van der Waals surface area contributed by atoms with Crippen molar-refractivity contribution in [2.24, 2.45) is 5.84 Å². The highest BCUT2D eigenvalue weighted by molar-refractivity contribution is 5.58. The first-order valence-corrected chi connectivity index (χ1v) is 7.13. The topological polar surface area (TPSA) is 63.8 Å². The van der Waals surface area contributed by atoms with E-state index in [9.17, 15) is 0 Å². The molecule has 0 unspecified atom stereocenters. The Balaban J connectivity index is 1.97. The summed E-state index contributed by atoms with van der Waals surface area (Å²) in [6.45, 7) is 4.38. The quantitative estimate of drug-likeness (QED) is 0.658. The third-order valence-electron chi connectivity index (χ3n) is 3.73. The van der Waals surface area contributed by atoms with Crippen LogP contribution in [0.15, 0.2) is 30.3 Å². The lowest BCUT2D eigenvalue weighted by Gasteiger charge is -2.09. The lowest BCUT2D eigenvalue weighted by molar-refractivity contribution is 0.866. The van der Waals surface area contributed by atoms with E-state index >= 15 is 0 Å². The highest BCUT2D eigenvalue weighted by atomic mass is 15.3. The van der Waals surface area contributed by atoms with Gasteiger partial charge >= 0.3 is 0 Å². The predicted octanol–water partition coefficient (Wildman–Crippen LogP) is 3.43. The summed E-state index contributed by atoms with van der Waals surface area (Å²) in [6, 6.07) is 10.4. The van der Waals surface area contributed by atoms with Crippen molar-refractivity contribution in [2.45, 2.75) is 38.5 Å². The van der Waals surface area contributed by atoms with E-state index in [1.54, 1.807) is 0 Å². The molecule has 104 valence electrons. The van der Waals surface area contributed by atoms with Crippen LogP contribution in [-0.2, 0) is 0 Å². The Morgan fingerprint density at radius 2 is 1.85 bits per heavy atom. The van der Waals surface area contributed by atoms with Crippen LogP contribution in [0.5, 0.6) is 0 Å². The third kappa shape index (κ3) is 2.65. The Hall–Kier alpha value is -1.94. The molecule has 4 nitrogen and oxygen atoms in total. The molecule has 1 aliphatic carbocycles. The molecule has 1 aliphatic rings. The first-order valence-electron chi connectivity index (χ1n) is 7.13. The van der Waals surface area contributed by atoms with E-state index in [0.717, 1.165) is 17.1 Å². The maximum absolute atomic E-state index is 5.51. The largest absolute Gasteiger partial charge is 0.308 e. The molecule has 1 aromatic carbocycles. The standard InChI is InChI=1S/C16H20N4/c1-10(2)11-3-7-13(8-4-11)16-18-14(12-5-6-12)9-15(19-16)20-17/h3-4,7-10,12H,5-6,17H2,1-2H3,(H,18,19,20). The third-order valence-corrected chi connectivity index (χ3v) is 3.73. The first-order chi connectivity index (χ1) is 9.67. The molecule has 3 N–H and O–H groups in total. The van der Waals surface area contributed by atoms with Crippen LogP contribution in [0, 0.1) is 0 Å². The molecule has 0 amide bonds. The van der Waals surface area contributed by atoms with Crippen LogP contribution in [0.2, 0.25) is 0 Å². The lowest BCUT2D eigenvalue weighted by atomic mass is 10.0. The van der Waals surface area contributed by atoms with Gasteiger partial charge in [0.15, 0.2) is 5.82 Å². The molecule has 1 fully saturated rings. The zero-order valence-corrected chi connectivity index (χ0v) is 11.9. The lowest BCUT2D eigenvalue weighted by Crippen LogP contribution is -2.10. The van der Waals surface area contributed by atoms with Gasteiger partial charge < -0.3 is 5.43 Å². The van der Waals surface area contributed by atoms with Crippen molar-refractivity contribution in [1.29, 1.82) is 0 Å². The van der Waals surface area contributed by atoms with E-state index in [-0.39, 0.29) is 0 Å². The monoisotopic (exact) mass is 268 g/mol. The van der Waals surface area contributed by atoms with Gasteiger partial charge in [-0.05, 0) is 24.3 Å². The normalized spacial score (nSPS) is 14.6. The van der Waals surface area contributed by atoms with Gasteiger partial charge in [-0.2, -0.15) is 0 Å². The fourth-order valence-corrected chi connectivity index (χ4v) is 2.27. The van der Waals surface area contributed by atoms with Crippen molar-refractivity contribution in [3.63, 3.8) is 0 Å². The Labute approximate surface area is 119 Å². The summed E-state index contributed by atoms with van der Waals surface area (Å²) in [5, 5.41) is 0. The maximum Gasteiger partial charge on any atom is 0.161 e. The number of nitrogens with two attached hydrogens (primary N) is 1. The van der Waals surface area contributed by atoms with Crippen LogP contribution in [0.3, 0.4) is 0 Å². The molecule has 0 atom stereocenters. The average Bonchev–Trinajstić information content (AvgIpc) is 3.31. The van der Waals surface area contributed by atoms with Gasteiger partial charge in [0.2, 0.25) is 0 Å². The van der Waals surface area contributed by atoms with E-state index in [1.807, 2.05) is 6.07 Å². The molecule has 2 aromatic rings. The molecule has 4 heteroatoms. The van der Waals surface area contributed by atoms with Gasteiger partial charge in [0, 0.05) is 23.2 Å². The number of rotatable bonds is 4. The molecule has 1 heterocycles. The van der Waals surface area contributed by atoms with Gasteiger partial charge in [0.05, 0.1) is 0 Å². The minimum Gasteiger partial charge on any atom is -0.308 e. The van der Waals surface area contributed by atoms with Crippen molar-refractivity contribution in [3.8, 4) is 11.4 Å². The first kappa shape index (κ1) is 13.1. The Morgan fingerprint density at radius 1 is 1.15 bits per heavy atom. The van der Waals surface area contributed by atoms with Crippen molar-refractivity contribution >= 4 is 5.82 Å². The van der Waals surface area contributed by atoms with Gasteiger partial charge in [-0.3, -0.25) is 0 Å². The SMILES string of the molecule is CC(C)c1ccc(-c2nc(NN)cc(C3CC3)n2)cc1. The molecule has 0 aliphatic heterocycles. The summed E-state index contributed by atoms with van der Waals surface area (Å²) in [5.41, 5.74) is 6.09. The summed E-state index contributed by atoms with van der Waals surface area (Å²) in [5.74, 6) is 8.06. The van der Waals surface area contributed by atoms with E-state index in [2.05, 4.69) is 53.5 Å². The van der Waals surface area contributed by atoms with Crippen molar-refractivity contribution in [2.75, 3.05) is 5.43 Å². The summed E-state index contributed by atoms with van der Waals surface area (Å²) in [6.07, 6.45) is 2.43. The van der Waals surface area contributed by atoms with E-state index in [4.69, 9.17) is 5.84 Å². The van der Waals surface area contributed by atoms with Gasteiger partial charge in [-0.1, -0.05) is 38.1 Å². The number of hydrazine groups is 1. The Kier molecular flexibility index (Phi) is 3.40. The van der Waals surface area contributed by atoms with E-state index in [1.165, 1.54) is 18.4 Å². The molecule has 0 saturated heterocycles. The molecular formula is C16H20N4. The highest BCUT2D eigenvalue weighted by Crippen LogP contribution is 2.40. The fraction of sp³-hybridized carbons (Fsp3) is 0.375. The van der Waals surface area contributed by atoms with Crippen LogP contribution in [0.25, 0.3) is 11.4 Å². The second kappa shape index (κ2) is 5.21. The van der Waals surface area contributed by atoms with Crippen LogP contribution in [0.4, 0.5) is 5.82 Å².